The van der Waals surface area contributed by atoms with Crippen molar-refractivity contribution >= 4 is 11.8 Å². The molecule has 2 fully saturated rings. The summed E-state index contributed by atoms with van der Waals surface area (Å²) >= 11 is 0. The van der Waals surface area contributed by atoms with Gasteiger partial charge in [-0.15, -0.1) is 0 Å². The van der Waals surface area contributed by atoms with E-state index in [1.165, 1.54) is 6.33 Å². The van der Waals surface area contributed by atoms with E-state index in [0.717, 1.165) is 44.2 Å². The summed E-state index contributed by atoms with van der Waals surface area (Å²) < 4.78 is 0. The van der Waals surface area contributed by atoms with Crippen LogP contribution in [0.2, 0.25) is 0 Å². The predicted molar refractivity (Wildman–Crippen MR) is 99.1 cm³/mol. The first-order chi connectivity index (χ1) is 13.0. The molecule has 0 spiro atoms. The number of nitrogens with one attached hydrogen (secondary N) is 2. The van der Waals surface area contributed by atoms with Crippen molar-refractivity contribution in [2.24, 2.45) is 0 Å². The van der Waals surface area contributed by atoms with Gasteiger partial charge in [0.05, 0.1) is 0 Å². The van der Waals surface area contributed by atoms with Gasteiger partial charge in [-0.2, -0.15) is 0 Å². The number of carbonyl (C=O) groups excluding carboxylic acids is 2. The van der Waals surface area contributed by atoms with Crippen LogP contribution in [0.1, 0.15) is 65.2 Å². The molecule has 2 aliphatic carbocycles. The van der Waals surface area contributed by atoms with E-state index in [9.17, 15) is 9.59 Å². The molecule has 0 radical (unpaired) electrons. The van der Waals surface area contributed by atoms with E-state index >= 15 is 0 Å². The molecule has 2 aromatic heterocycles. The Morgan fingerprint density at radius 1 is 0.963 bits per heavy atom. The molecule has 2 bridgehead atoms. The topological polar surface area (TPSA) is 96.9 Å². The van der Waals surface area contributed by atoms with Gasteiger partial charge in [-0.1, -0.05) is 6.07 Å². The van der Waals surface area contributed by atoms with E-state index in [1.807, 2.05) is 19.1 Å². The van der Waals surface area contributed by atoms with Crippen LogP contribution in [0.4, 0.5) is 0 Å². The van der Waals surface area contributed by atoms with E-state index in [2.05, 4.69) is 25.6 Å². The zero-order chi connectivity index (χ0) is 18.9. The van der Waals surface area contributed by atoms with Gasteiger partial charge in [-0.05, 0) is 63.6 Å². The Hall–Kier alpha value is -2.83. The molecule has 0 saturated heterocycles. The molecule has 2 amide bonds. The van der Waals surface area contributed by atoms with Crippen LogP contribution >= 0.6 is 0 Å². The van der Waals surface area contributed by atoms with Gasteiger partial charge >= 0.3 is 0 Å². The summed E-state index contributed by atoms with van der Waals surface area (Å²) in [6.07, 6.45) is 8.20. The van der Waals surface area contributed by atoms with Gasteiger partial charge in [-0.3, -0.25) is 9.59 Å². The van der Waals surface area contributed by atoms with Gasteiger partial charge in [0.15, 0.2) is 0 Å². The second-order valence-electron chi connectivity index (χ2n) is 7.76. The molecule has 27 heavy (non-hydrogen) atoms. The molecule has 0 aromatic carbocycles. The zero-order valence-corrected chi connectivity index (χ0v) is 15.4. The Morgan fingerprint density at radius 2 is 1.67 bits per heavy atom. The van der Waals surface area contributed by atoms with Gasteiger partial charge in [0, 0.05) is 23.0 Å². The molecule has 140 valence electrons. The van der Waals surface area contributed by atoms with Crippen molar-refractivity contribution in [3.8, 4) is 0 Å². The number of aryl methyl sites for hydroxylation is 1. The molecular formula is C20H23N5O2. The highest BCUT2D eigenvalue weighted by molar-refractivity contribution is 5.93. The van der Waals surface area contributed by atoms with Crippen molar-refractivity contribution < 1.29 is 9.59 Å². The molecule has 2 N–H and O–H groups in total. The fourth-order valence-corrected chi connectivity index (χ4v) is 4.54. The summed E-state index contributed by atoms with van der Waals surface area (Å²) in [6, 6.07) is 7.07. The van der Waals surface area contributed by atoms with Crippen molar-refractivity contribution in [1.29, 1.82) is 0 Å². The normalized spacial score (nSPS) is 26.4. The Bertz CT molecular complexity index is 872. The summed E-state index contributed by atoms with van der Waals surface area (Å²) in [4.78, 5) is 37.5. The molecule has 4 rings (SSSR count). The van der Waals surface area contributed by atoms with Crippen LogP contribution in [-0.2, 0) is 0 Å². The average molecular weight is 365 g/mol. The number of pyridine rings is 1. The monoisotopic (exact) mass is 365 g/mol. The zero-order valence-electron chi connectivity index (χ0n) is 15.4. The number of carbonyl (C=O) groups is 2. The standard InChI is InChI=1S/C20H23N5O2/c1-14-4-2-5-16(23-14)18(27)25-20-8-3-7-19(12-20,9-10-20)24-17(26)15-6-11-21-13-22-15/h2,4-6,11,13H,3,7-10,12H2,1H3,(H,24,26)(H,25,27)/t19-,20-/m1/s1. The minimum atomic E-state index is -0.284. The van der Waals surface area contributed by atoms with Crippen molar-refractivity contribution in [3.05, 3.63) is 53.9 Å². The Morgan fingerprint density at radius 3 is 2.30 bits per heavy atom. The van der Waals surface area contributed by atoms with Crippen LogP contribution < -0.4 is 10.6 Å². The third kappa shape index (κ3) is 3.54. The number of hydrogen-bond donors (Lipinski definition) is 2. The number of rotatable bonds is 4. The van der Waals surface area contributed by atoms with E-state index in [4.69, 9.17) is 0 Å². The minimum absolute atomic E-state index is 0.140. The number of hydrogen-bond acceptors (Lipinski definition) is 5. The summed E-state index contributed by atoms with van der Waals surface area (Å²) in [5.41, 5.74) is 1.07. The molecular weight excluding hydrogens is 342 g/mol. The van der Waals surface area contributed by atoms with Gasteiger partial charge in [-0.25, -0.2) is 15.0 Å². The number of nitrogens with zero attached hydrogens (tertiary/aromatic N) is 3. The SMILES string of the molecule is Cc1cccc(C(=O)N[C@]23CCC[C@@](NC(=O)c4ccncn4)(CC2)C3)n1. The summed E-state index contributed by atoms with van der Waals surface area (Å²) in [7, 11) is 0. The van der Waals surface area contributed by atoms with Crippen LogP contribution in [0.15, 0.2) is 36.8 Å². The third-order valence-electron chi connectivity index (χ3n) is 5.76. The maximum Gasteiger partial charge on any atom is 0.270 e. The van der Waals surface area contributed by atoms with Crippen molar-refractivity contribution in [2.75, 3.05) is 0 Å². The molecule has 2 aromatic rings. The first-order valence-electron chi connectivity index (χ1n) is 9.34. The van der Waals surface area contributed by atoms with Gasteiger partial charge in [0.1, 0.15) is 17.7 Å². The van der Waals surface area contributed by atoms with Gasteiger partial charge in [0.2, 0.25) is 0 Å². The Kier molecular flexibility index (Phi) is 4.37. The van der Waals surface area contributed by atoms with E-state index in [0.29, 0.717) is 11.4 Å². The lowest BCUT2D eigenvalue weighted by atomic mass is 9.78. The fourth-order valence-electron chi connectivity index (χ4n) is 4.54. The fraction of sp³-hybridized carbons (Fsp3) is 0.450. The van der Waals surface area contributed by atoms with Crippen LogP contribution in [0.3, 0.4) is 0 Å². The molecule has 7 nitrogen and oxygen atoms in total. The lowest BCUT2D eigenvalue weighted by Crippen LogP contribution is -2.55. The molecule has 2 heterocycles. The quantitative estimate of drug-likeness (QED) is 0.866. The van der Waals surface area contributed by atoms with Gasteiger partial charge < -0.3 is 10.6 Å². The number of amides is 2. The van der Waals surface area contributed by atoms with Crippen LogP contribution in [0.25, 0.3) is 0 Å². The number of aromatic nitrogens is 3. The molecule has 7 heteroatoms. The molecule has 0 aliphatic heterocycles. The maximum absolute atomic E-state index is 12.7. The first kappa shape index (κ1) is 17.6. The summed E-state index contributed by atoms with van der Waals surface area (Å²) in [5, 5.41) is 6.42. The van der Waals surface area contributed by atoms with Gasteiger partial charge in [0.25, 0.3) is 11.8 Å². The highest BCUT2D eigenvalue weighted by atomic mass is 16.2. The maximum atomic E-state index is 12.7. The second kappa shape index (κ2) is 6.72. The highest BCUT2D eigenvalue weighted by Crippen LogP contribution is 2.48. The lowest BCUT2D eigenvalue weighted by molar-refractivity contribution is 0.0827. The second-order valence-corrected chi connectivity index (χ2v) is 7.76. The van der Waals surface area contributed by atoms with Crippen LogP contribution in [0.5, 0.6) is 0 Å². The van der Waals surface area contributed by atoms with E-state index in [1.54, 1.807) is 18.3 Å². The average Bonchev–Trinajstić information content (AvgIpc) is 2.92. The third-order valence-corrected chi connectivity index (χ3v) is 5.76. The smallest absolute Gasteiger partial charge is 0.270 e. The van der Waals surface area contributed by atoms with Crippen molar-refractivity contribution in [2.45, 2.75) is 56.5 Å². The molecule has 2 saturated carbocycles. The molecule has 2 atom stereocenters. The Labute approximate surface area is 158 Å². The lowest BCUT2D eigenvalue weighted by Gasteiger charge is -2.40. The van der Waals surface area contributed by atoms with Crippen molar-refractivity contribution in [3.63, 3.8) is 0 Å². The summed E-state index contributed by atoms with van der Waals surface area (Å²) in [5.74, 6) is -0.319. The van der Waals surface area contributed by atoms with Crippen LogP contribution in [0, 0.1) is 6.92 Å². The number of fused-ring (bicyclic) bond motifs is 2. The summed E-state index contributed by atoms with van der Waals surface area (Å²) in [6.45, 7) is 1.87. The van der Waals surface area contributed by atoms with E-state index in [-0.39, 0.29) is 22.9 Å². The Balaban J connectivity index is 1.48. The largest absolute Gasteiger partial charge is 0.345 e. The van der Waals surface area contributed by atoms with Crippen molar-refractivity contribution in [1.82, 2.24) is 25.6 Å². The molecule has 2 aliphatic rings. The van der Waals surface area contributed by atoms with E-state index < -0.39 is 0 Å². The predicted octanol–water partition coefficient (Wildman–Crippen LogP) is 2.19. The first-order valence-corrected chi connectivity index (χ1v) is 9.34. The highest BCUT2D eigenvalue weighted by Gasteiger charge is 2.52. The molecule has 0 unspecified atom stereocenters. The minimum Gasteiger partial charge on any atom is -0.345 e. The van der Waals surface area contributed by atoms with Crippen LogP contribution in [-0.4, -0.2) is 37.8 Å².